The fraction of sp³-hybridized carbons (Fsp3) is 0.389. The van der Waals surface area contributed by atoms with Crippen LogP contribution < -0.4 is 25.3 Å². The van der Waals surface area contributed by atoms with Crippen molar-refractivity contribution in [2.45, 2.75) is 26.8 Å². The highest BCUT2D eigenvalue weighted by atomic mass is 32.2. The van der Waals surface area contributed by atoms with Crippen molar-refractivity contribution in [3.8, 4) is 11.5 Å². The highest BCUT2D eigenvalue weighted by Crippen LogP contribution is 2.32. The lowest BCUT2D eigenvalue weighted by Crippen LogP contribution is -2.25. The van der Waals surface area contributed by atoms with E-state index < -0.39 is 16.0 Å². The summed E-state index contributed by atoms with van der Waals surface area (Å²) in [5.74, 6) is 0.392. The predicted molar refractivity (Wildman–Crippen MR) is 110 cm³/mol. The van der Waals surface area contributed by atoms with Crippen molar-refractivity contribution >= 4 is 33.5 Å². The largest absolute Gasteiger partial charge is 0.493 e. The second-order valence-electron chi connectivity index (χ2n) is 6.78. The number of carbonyl (C=O) groups excluding carboxylic acids is 1. The van der Waals surface area contributed by atoms with E-state index in [1.165, 1.54) is 19.4 Å². The summed E-state index contributed by atoms with van der Waals surface area (Å²) in [5, 5.41) is 6.11. The van der Waals surface area contributed by atoms with Crippen LogP contribution in [0.3, 0.4) is 0 Å². The summed E-state index contributed by atoms with van der Waals surface area (Å²) in [7, 11) is -2.34. The van der Waals surface area contributed by atoms with Gasteiger partial charge in [-0.3, -0.25) is 4.79 Å². The Labute approximate surface area is 170 Å². The number of rotatable bonds is 9. The molecule has 158 valence electrons. The number of hydrogen-bond donors (Lipinski definition) is 3. The molecule has 0 bridgehead atoms. The molecular weight excluding hydrogens is 398 g/mol. The summed E-state index contributed by atoms with van der Waals surface area (Å²) in [5.41, 5.74) is 6.04. The molecule has 11 heteroatoms. The minimum absolute atomic E-state index is 0.0144. The van der Waals surface area contributed by atoms with Gasteiger partial charge in [-0.1, -0.05) is 13.8 Å². The molecule has 1 amide bonds. The Bertz CT molecular complexity index is 994. The van der Waals surface area contributed by atoms with E-state index in [1.54, 1.807) is 12.1 Å². The summed E-state index contributed by atoms with van der Waals surface area (Å²) < 4.78 is 33.0. The number of nitrogens with zero attached hydrogens (tertiary/aromatic N) is 2. The highest BCUT2D eigenvalue weighted by molar-refractivity contribution is 7.86. The molecule has 29 heavy (non-hydrogen) atoms. The van der Waals surface area contributed by atoms with Crippen molar-refractivity contribution in [3.63, 3.8) is 0 Å². The molecule has 0 aliphatic rings. The van der Waals surface area contributed by atoms with Gasteiger partial charge in [-0.05, 0) is 25.0 Å². The van der Waals surface area contributed by atoms with E-state index in [1.807, 2.05) is 20.8 Å². The van der Waals surface area contributed by atoms with Gasteiger partial charge in [-0.2, -0.15) is 13.4 Å². The molecule has 2 rings (SSSR count). The molecule has 0 radical (unpaired) electrons. The van der Waals surface area contributed by atoms with Crippen LogP contribution >= 0.6 is 0 Å². The van der Waals surface area contributed by atoms with Crippen LogP contribution in [-0.4, -0.2) is 43.7 Å². The van der Waals surface area contributed by atoms with Crippen LogP contribution in [0.2, 0.25) is 0 Å². The Morgan fingerprint density at radius 1 is 1.21 bits per heavy atom. The lowest BCUT2D eigenvalue weighted by molar-refractivity contribution is 0.100. The van der Waals surface area contributed by atoms with Crippen LogP contribution in [0.25, 0.3) is 0 Å². The first kappa shape index (κ1) is 22.2. The van der Waals surface area contributed by atoms with Crippen molar-refractivity contribution in [1.29, 1.82) is 0 Å². The minimum atomic E-state index is -3.74. The van der Waals surface area contributed by atoms with Gasteiger partial charge in [0.05, 0.1) is 18.9 Å². The Morgan fingerprint density at radius 3 is 2.45 bits per heavy atom. The monoisotopic (exact) mass is 423 g/mol. The van der Waals surface area contributed by atoms with Gasteiger partial charge in [0.15, 0.2) is 11.5 Å². The van der Waals surface area contributed by atoms with Crippen LogP contribution in [-0.2, 0) is 10.1 Å². The second kappa shape index (κ2) is 8.95. The number of carbonyl (C=O) groups is 1. The third-order valence-electron chi connectivity index (χ3n) is 4.08. The van der Waals surface area contributed by atoms with E-state index in [0.717, 1.165) is 6.26 Å². The first-order valence-corrected chi connectivity index (χ1v) is 10.6. The highest BCUT2D eigenvalue weighted by Gasteiger charge is 2.17. The first-order chi connectivity index (χ1) is 13.5. The van der Waals surface area contributed by atoms with Crippen molar-refractivity contribution in [3.05, 3.63) is 30.0 Å². The van der Waals surface area contributed by atoms with Crippen molar-refractivity contribution < 1.29 is 22.1 Å². The molecule has 1 aromatic carbocycles. The topological polar surface area (TPSA) is 146 Å². The summed E-state index contributed by atoms with van der Waals surface area (Å²) in [4.78, 5) is 20.1. The van der Waals surface area contributed by atoms with Crippen LogP contribution in [0.15, 0.2) is 24.4 Å². The van der Waals surface area contributed by atoms with Crippen molar-refractivity contribution in [1.82, 2.24) is 9.97 Å². The number of aromatic nitrogens is 2. The van der Waals surface area contributed by atoms with Crippen molar-refractivity contribution in [2.75, 3.05) is 24.0 Å². The maximum atomic E-state index is 11.7. The zero-order valence-electron chi connectivity index (χ0n) is 16.9. The molecular formula is C18H25N5O5S. The molecule has 0 saturated carbocycles. The Kier molecular flexibility index (Phi) is 6.85. The number of methoxy groups -OCH3 is 1. The fourth-order valence-corrected chi connectivity index (χ4v) is 2.68. The lowest BCUT2D eigenvalue weighted by atomic mass is 10.1. The third-order valence-corrected chi connectivity index (χ3v) is 4.56. The zero-order valence-corrected chi connectivity index (χ0v) is 17.7. The SMILES string of the molecule is COc1ccc(Nc2ncc(C(N)=O)c(N[C@H](C)C(C)C)n2)cc1OS(C)(=O)=O. The number of amides is 1. The summed E-state index contributed by atoms with van der Waals surface area (Å²) >= 11 is 0. The number of nitrogens with two attached hydrogens (primary N) is 1. The van der Waals surface area contributed by atoms with Gasteiger partial charge < -0.3 is 25.3 Å². The molecule has 10 nitrogen and oxygen atoms in total. The van der Waals surface area contributed by atoms with Crippen LogP contribution in [0.5, 0.6) is 11.5 Å². The quantitative estimate of drug-likeness (QED) is 0.516. The number of primary amides is 1. The Morgan fingerprint density at radius 2 is 1.90 bits per heavy atom. The summed E-state index contributed by atoms with van der Waals surface area (Å²) in [6, 6.07) is 4.66. The maximum Gasteiger partial charge on any atom is 0.306 e. The van der Waals surface area contributed by atoms with E-state index in [9.17, 15) is 13.2 Å². The van der Waals surface area contributed by atoms with Gasteiger partial charge >= 0.3 is 10.1 Å². The van der Waals surface area contributed by atoms with Crippen LogP contribution in [0.4, 0.5) is 17.5 Å². The van der Waals surface area contributed by atoms with Crippen LogP contribution in [0, 0.1) is 5.92 Å². The van der Waals surface area contributed by atoms with Crippen molar-refractivity contribution in [2.24, 2.45) is 11.7 Å². The molecule has 4 N–H and O–H groups in total. The third kappa shape index (κ3) is 6.21. The van der Waals surface area contributed by atoms with E-state index in [4.69, 9.17) is 14.7 Å². The van der Waals surface area contributed by atoms with Gasteiger partial charge in [0.25, 0.3) is 5.91 Å². The van der Waals surface area contributed by atoms with Gasteiger partial charge in [0, 0.05) is 24.0 Å². The zero-order chi connectivity index (χ0) is 21.8. The fourth-order valence-electron chi connectivity index (χ4n) is 2.23. The second-order valence-corrected chi connectivity index (χ2v) is 8.35. The molecule has 0 fully saturated rings. The average Bonchev–Trinajstić information content (AvgIpc) is 2.60. The Balaban J connectivity index is 2.36. The Hall–Kier alpha value is -3.08. The van der Waals surface area contributed by atoms with E-state index in [2.05, 4.69) is 20.6 Å². The number of nitrogens with one attached hydrogen (secondary N) is 2. The van der Waals surface area contributed by atoms with E-state index >= 15 is 0 Å². The summed E-state index contributed by atoms with van der Waals surface area (Å²) in [6.45, 7) is 6.02. The molecule has 1 aromatic heterocycles. The molecule has 1 atom stereocenters. The molecule has 1 heterocycles. The number of benzene rings is 1. The van der Waals surface area contributed by atoms with Gasteiger partial charge in [0.1, 0.15) is 5.82 Å². The average molecular weight is 423 g/mol. The maximum absolute atomic E-state index is 11.7. The van der Waals surface area contributed by atoms with E-state index in [-0.39, 0.29) is 29.1 Å². The molecule has 0 saturated heterocycles. The normalized spacial score (nSPS) is 12.3. The van der Waals surface area contributed by atoms with E-state index in [0.29, 0.717) is 17.4 Å². The summed E-state index contributed by atoms with van der Waals surface area (Å²) in [6.07, 6.45) is 2.26. The van der Waals surface area contributed by atoms with Gasteiger partial charge in [-0.15, -0.1) is 0 Å². The van der Waals surface area contributed by atoms with Gasteiger partial charge in [-0.25, -0.2) is 4.98 Å². The number of hydrogen-bond acceptors (Lipinski definition) is 9. The first-order valence-electron chi connectivity index (χ1n) is 8.78. The number of anilines is 3. The van der Waals surface area contributed by atoms with Gasteiger partial charge in [0.2, 0.25) is 5.95 Å². The molecule has 0 unspecified atom stereocenters. The number of ether oxygens (including phenoxy) is 1. The molecule has 0 aliphatic heterocycles. The molecule has 0 spiro atoms. The minimum Gasteiger partial charge on any atom is -0.493 e. The molecule has 2 aromatic rings. The smallest absolute Gasteiger partial charge is 0.306 e. The predicted octanol–water partition coefficient (Wildman–Crippen LogP) is 2.12. The van der Waals surface area contributed by atoms with Crippen LogP contribution in [0.1, 0.15) is 31.1 Å². The lowest BCUT2D eigenvalue weighted by Gasteiger charge is -2.20. The standard InChI is InChI=1S/C18H25N5O5S/c1-10(2)11(3)21-17-13(16(19)24)9-20-18(23-17)22-12-6-7-14(27-4)15(8-12)28-29(5,25)26/h6-11H,1-5H3,(H2,19,24)(H2,20,21,22,23)/t11-/m1/s1. The molecule has 0 aliphatic carbocycles.